The average molecular weight is 323 g/mol. The van der Waals surface area contributed by atoms with E-state index in [1.165, 1.54) is 0 Å². The summed E-state index contributed by atoms with van der Waals surface area (Å²) in [6.45, 7) is 3.72. The zero-order valence-electron chi connectivity index (χ0n) is 11.4. The topological polar surface area (TPSA) is 65.2 Å². The Bertz CT molecular complexity index is 801. The minimum Gasteiger partial charge on any atom is -0.466 e. The summed E-state index contributed by atoms with van der Waals surface area (Å²) in [7, 11) is 0. The second kappa shape index (κ2) is 5.13. The fraction of sp³-hybridized carbons (Fsp3) is 0.133. The number of furan rings is 1. The lowest BCUT2D eigenvalue weighted by molar-refractivity contribution is 0.439. The van der Waals surface area contributed by atoms with Crippen molar-refractivity contribution in [3.8, 4) is 22.4 Å². The number of nitrogen functional groups attached to an aromatic ring is 1. The van der Waals surface area contributed by atoms with Gasteiger partial charge < -0.3 is 14.7 Å². The van der Waals surface area contributed by atoms with Crippen molar-refractivity contribution in [3.63, 3.8) is 0 Å². The minimum atomic E-state index is 0.165. The van der Waals surface area contributed by atoms with Gasteiger partial charge in [-0.25, -0.2) is 0 Å². The highest BCUT2D eigenvalue weighted by Crippen LogP contribution is 2.44. The summed E-state index contributed by atoms with van der Waals surface area (Å²) >= 11 is 12.5. The fourth-order valence-corrected chi connectivity index (χ4v) is 2.92. The van der Waals surface area contributed by atoms with Crippen LogP contribution < -0.4 is 5.73 Å². The van der Waals surface area contributed by atoms with E-state index in [-0.39, 0.29) is 5.88 Å². The number of hydrogen-bond donors (Lipinski definition) is 1. The van der Waals surface area contributed by atoms with Gasteiger partial charge in [-0.2, -0.15) is 0 Å². The van der Waals surface area contributed by atoms with Gasteiger partial charge in [-0.3, -0.25) is 0 Å². The molecule has 0 bridgehead atoms. The summed E-state index contributed by atoms with van der Waals surface area (Å²) in [6.07, 6.45) is 0. The van der Waals surface area contributed by atoms with E-state index in [1.54, 1.807) is 18.2 Å². The molecule has 0 aliphatic rings. The van der Waals surface area contributed by atoms with Crippen molar-refractivity contribution < 1.29 is 8.94 Å². The van der Waals surface area contributed by atoms with E-state index in [2.05, 4.69) is 5.16 Å². The summed E-state index contributed by atoms with van der Waals surface area (Å²) in [4.78, 5) is 0. The second-order valence-corrected chi connectivity index (χ2v) is 5.51. The molecule has 0 unspecified atom stereocenters. The predicted octanol–water partition coefficient (Wildman–Crippen LogP) is 5.11. The smallest absolute Gasteiger partial charge is 0.230 e. The summed E-state index contributed by atoms with van der Waals surface area (Å²) in [5.74, 6) is 1.67. The van der Waals surface area contributed by atoms with Crippen LogP contribution in [0.2, 0.25) is 10.0 Å². The maximum absolute atomic E-state index is 6.26. The lowest BCUT2D eigenvalue weighted by Crippen LogP contribution is -1.90. The van der Waals surface area contributed by atoms with E-state index in [4.69, 9.17) is 37.9 Å². The molecule has 2 aromatic heterocycles. The third-order valence-corrected chi connectivity index (χ3v) is 3.86. The van der Waals surface area contributed by atoms with Crippen LogP contribution in [0, 0.1) is 13.8 Å². The maximum Gasteiger partial charge on any atom is 0.230 e. The van der Waals surface area contributed by atoms with E-state index < -0.39 is 0 Å². The van der Waals surface area contributed by atoms with Crippen LogP contribution in [0.15, 0.2) is 33.2 Å². The van der Waals surface area contributed by atoms with Crippen LogP contribution >= 0.6 is 23.2 Å². The third-order valence-electron chi connectivity index (χ3n) is 3.23. The van der Waals surface area contributed by atoms with Crippen molar-refractivity contribution in [1.82, 2.24) is 5.16 Å². The van der Waals surface area contributed by atoms with Crippen molar-refractivity contribution in [2.75, 3.05) is 5.73 Å². The van der Waals surface area contributed by atoms with E-state index in [0.717, 1.165) is 17.1 Å². The first-order valence-electron chi connectivity index (χ1n) is 6.26. The van der Waals surface area contributed by atoms with Crippen LogP contribution in [0.4, 0.5) is 5.88 Å². The van der Waals surface area contributed by atoms with E-state index in [9.17, 15) is 0 Å². The van der Waals surface area contributed by atoms with Gasteiger partial charge in [0, 0.05) is 11.1 Å². The Labute approximate surface area is 131 Å². The normalized spacial score (nSPS) is 11.0. The van der Waals surface area contributed by atoms with Gasteiger partial charge in [0.1, 0.15) is 17.2 Å². The molecule has 2 N–H and O–H groups in total. The molecule has 0 aliphatic carbocycles. The predicted molar refractivity (Wildman–Crippen MR) is 83.5 cm³/mol. The molecule has 0 amide bonds. The van der Waals surface area contributed by atoms with E-state index in [0.29, 0.717) is 26.9 Å². The molecule has 0 saturated heterocycles. The Morgan fingerprint density at radius 2 is 1.76 bits per heavy atom. The number of benzene rings is 1. The molecule has 108 valence electrons. The highest BCUT2D eigenvalue weighted by atomic mass is 35.5. The summed E-state index contributed by atoms with van der Waals surface area (Å²) in [5, 5.41) is 5.01. The Morgan fingerprint density at radius 1 is 1.10 bits per heavy atom. The molecule has 0 fully saturated rings. The summed E-state index contributed by atoms with van der Waals surface area (Å²) < 4.78 is 10.7. The van der Waals surface area contributed by atoms with Crippen molar-refractivity contribution in [2.24, 2.45) is 0 Å². The monoisotopic (exact) mass is 322 g/mol. The molecular weight excluding hydrogens is 311 g/mol. The first kappa shape index (κ1) is 14.0. The molecule has 0 atom stereocenters. The van der Waals surface area contributed by atoms with E-state index in [1.807, 2.05) is 19.9 Å². The fourth-order valence-electron chi connectivity index (χ4n) is 2.33. The van der Waals surface area contributed by atoms with E-state index >= 15 is 0 Å². The summed E-state index contributed by atoms with van der Waals surface area (Å²) in [6, 6.07) is 7.13. The van der Waals surface area contributed by atoms with Gasteiger partial charge in [0.25, 0.3) is 0 Å². The number of aryl methyl sites for hydroxylation is 2. The van der Waals surface area contributed by atoms with Crippen molar-refractivity contribution in [1.29, 1.82) is 0 Å². The zero-order valence-corrected chi connectivity index (χ0v) is 12.9. The minimum absolute atomic E-state index is 0.165. The summed E-state index contributed by atoms with van der Waals surface area (Å²) in [5.41, 5.74) is 8.48. The van der Waals surface area contributed by atoms with Crippen LogP contribution in [0.3, 0.4) is 0 Å². The Morgan fingerprint density at radius 3 is 2.33 bits per heavy atom. The van der Waals surface area contributed by atoms with Crippen LogP contribution in [-0.2, 0) is 0 Å². The lowest BCUT2D eigenvalue weighted by Gasteiger charge is -2.06. The average Bonchev–Trinajstić information content (AvgIpc) is 2.93. The molecule has 0 saturated carbocycles. The number of nitrogens with zero attached hydrogens (tertiary/aromatic N) is 1. The number of aromatic nitrogens is 1. The van der Waals surface area contributed by atoms with Crippen LogP contribution in [0.25, 0.3) is 22.4 Å². The molecule has 0 aliphatic heterocycles. The molecule has 0 spiro atoms. The van der Waals surface area contributed by atoms with Crippen molar-refractivity contribution in [3.05, 3.63) is 45.8 Å². The molecule has 2 heterocycles. The van der Waals surface area contributed by atoms with Crippen molar-refractivity contribution >= 4 is 29.1 Å². The van der Waals surface area contributed by atoms with Crippen LogP contribution in [-0.4, -0.2) is 5.16 Å². The SMILES string of the molecule is Cc1cc(-c2noc(N)c2-c2c(Cl)cccc2Cl)c(C)o1. The molecule has 4 nitrogen and oxygen atoms in total. The van der Waals surface area contributed by atoms with Gasteiger partial charge in [-0.15, -0.1) is 0 Å². The first-order valence-corrected chi connectivity index (χ1v) is 7.01. The number of rotatable bonds is 2. The van der Waals surface area contributed by atoms with Crippen LogP contribution in [0.5, 0.6) is 0 Å². The molecule has 6 heteroatoms. The lowest BCUT2D eigenvalue weighted by atomic mass is 10.0. The number of anilines is 1. The van der Waals surface area contributed by atoms with Crippen molar-refractivity contribution in [2.45, 2.75) is 13.8 Å². The molecule has 3 rings (SSSR count). The maximum atomic E-state index is 6.26. The second-order valence-electron chi connectivity index (χ2n) is 4.69. The first-order chi connectivity index (χ1) is 9.99. The Kier molecular flexibility index (Phi) is 3.43. The number of nitrogens with two attached hydrogens (primary N) is 1. The molecule has 0 radical (unpaired) electrons. The van der Waals surface area contributed by atoms with Gasteiger partial charge in [0.2, 0.25) is 5.88 Å². The van der Waals surface area contributed by atoms with Gasteiger partial charge in [-0.05, 0) is 32.0 Å². The molecule has 3 aromatic rings. The zero-order chi connectivity index (χ0) is 15.1. The molecular formula is C15H12Cl2N2O2. The standard InChI is InChI=1S/C15H12Cl2N2O2/c1-7-6-9(8(2)20-7)14-13(15(18)21-19-14)12-10(16)4-3-5-11(12)17/h3-6H,18H2,1-2H3. The largest absolute Gasteiger partial charge is 0.466 e. The number of halogens is 2. The van der Waals surface area contributed by atoms with Gasteiger partial charge in [0.15, 0.2) is 0 Å². The quantitative estimate of drug-likeness (QED) is 0.712. The highest BCUT2D eigenvalue weighted by Gasteiger charge is 2.24. The highest BCUT2D eigenvalue weighted by molar-refractivity contribution is 6.39. The van der Waals surface area contributed by atoms with Crippen LogP contribution in [0.1, 0.15) is 11.5 Å². The molecule has 21 heavy (non-hydrogen) atoms. The molecule has 1 aromatic carbocycles. The number of hydrogen-bond acceptors (Lipinski definition) is 4. The Balaban J connectivity index is 2.30. The van der Waals surface area contributed by atoms with Gasteiger partial charge in [-0.1, -0.05) is 34.4 Å². The Hall–Kier alpha value is -1.91. The van der Waals surface area contributed by atoms with Gasteiger partial charge in [0.05, 0.1) is 15.6 Å². The van der Waals surface area contributed by atoms with Gasteiger partial charge >= 0.3 is 0 Å². The third kappa shape index (κ3) is 2.30.